The molecule has 6 heteroatoms. The lowest BCUT2D eigenvalue weighted by atomic mass is 9.91. The summed E-state index contributed by atoms with van der Waals surface area (Å²) >= 11 is 0. The summed E-state index contributed by atoms with van der Waals surface area (Å²) in [5, 5.41) is 3.12. The third-order valence-electron chi connectivity index (χ3n) is 6.93. The summed E-state index contributed by atoms with van der Waals surface area (Å²) in [7, 11) is 0. The van der Waals surface area contributed by atoms with Crippen LogP contribution < -0.4 is 15.0 Å². The van der Waals surface area contributed by atoms with Crippen molar-refractivity contribution in [3.05, 3.63) is 59.9 Å². The molecule has 0 spiro atoms. The minimum absolute atomic E-state index is 0.0252. The van der Waals surface area contributed by atoms with Crippen molar-refractivity contribution in [2.24, 2.45) is 5.41 Å². The molecule has 2 aliphatic carbocycles. The molecule has 0 radical (unpaired) electrons. The van der Waals surface area contributed by atoms with Crippen molar-refractivity contribution in [2.75, 3.05) is 18.1 Å². The van der Waals surface area contributed by atoms with Crippen molar-refractivity contribution in [2.45, 2.75) is 50.5 Å². The third kappa shape index (κ3) is 3.80. The maximum absolute atomic E-state index is 13.6. The molecule has 1 N–H and O–H groups in total. The number of carbonyl (C=O) groups excluding carboxylic acids is 2. The zero-order valence-electron chi connectivity index (χ0n) is 17.5. The smallest absolute Gasteiger partial charge is 0.240 e. The molecule has 2 amide bonds. The summed E-state index contributed by atoms with van der Waals surface area (Å²) < 4.78 is 19.1. The van der Waals surface area contributed by atoms with Gasteiger partial charge in [0, 0.05) is 17.6 Å². The second kappa shape index (κ2) is 7.98. The fourth-order valence-electron chi connectivity index (χ4n) is 5.14. The van der Waals surface area contributed by atoms with Crippen molar-refractivity contribution in [1.29, 1.82) is 0 Å². The largest absolute Gasteiger partial charge is 0.492 e. The SMILES string of the molecule is O=C(CN1C(=O)[C@@]2(COc3ccc(F)cc3)C[C@H]2c2ccccc21)NC1CCCCC1. The van der Waals surface area contributed by atoms with Gasteiger partial charge in [0.2, 0.25) is 11.8 Å². The third-order valence-corrected chi connectivity index (χ3v) is 6.93. The molecule has 1 aliphatic heterocycles. The molecule has 2 saturated carbocycles. The molecule has 3 aliphatic rings. The first-order valence-corrected chi connectivity index (χ1v) is 11.2. The Balaban J connectivity index is 1.33. The predicted octanol–water partition coefficient (Wildman–Crippen LogP) is 4.17. The second-order valence-corrected chi connectivity index (χ2v) is 9.01. The molecule has 2 fully saturated rings. The average molecular weight is 423 g/mol. The number of anilines is 1. The summed E-state index contributed by atoms with van der Waals surface area (Å²) in [5.41, 5.74) is 1.26. The van der Waals surface area contributed by atoms with Gasteiger partial charge in [-0.25, -0.2) is 4.39 Å². The highest BCUT2D eigenvalue weighted by atomic mass is 19.1. The van der Waals surface area contributed by atoms with Gasteiger partial charge in [0.1, 0.15) is 24.7 Å². The highest BCUT2D eigenvalue weighted by Gasteiger charge is 2.66. The van der Waals surface area contributed by atoms with Crippen LogP contribution in [0.3, 0.4) is 0 Å². The predicted molar refractivity (Wildman–Crippen MR) is 115 cm³/mol. The number of para-hydroxylation sites is 1. The number of carbonyl (C=O) groups is 2. The fourth-order valence-corrected chi connectivity index (χ4v) is 5.14. The molecule has 0 aromatic heterocycles. The lowest BCUT2D eigenvalue weighted by Crippen LogP contribution is -2.50. The summed E-state index contributed by atoms with van der Waals surface area (Å²) in [6.07, 6.45) is 6.22. The van der Waals surface area contributed by atoms with Crippen molar-refractivity contribution < 1.29 is 18.7 Å². The van der Waals surface area contributed by atoms with E-state index >= 15 is 0 Å². The van der Waals surface area contributed by atoms with E-state index in [0.717, 1.165) is 36.9 Å². The van der Waals surface area contributed by atoms with Gasteiger partial charge in [-0.2, -0.15) is 0 Å². The number of benzene rings is 2. The van der Waals surface area contributed by atoms with Crippen LogP contribution in [0, 0.1) is 11.2 Å². The summed E-state index contributed by atoms with van der Waals surface area (Å²) in [6.45, 7) is 0.245. The summed E-state index contributed by atoms with van der Waals surface area (Å²) in [5.74, 6) is 0.137. The Bertz CT molecular complexity index is 987. The second-order valence-electron chi connectivity index (χ2n) is 9.01. The van der Waals surface area contributed by atoms with E-state index in [1.165, 1.54) is 18.6 Å². The minimum atomic E-state index is -0.659. The number of ether oxygens (including phenoxy) is 1. The molecule has 0 unspecified atom stereocenters. The minimum Gasteiger partial charge on any atom is -0.492 e. The molecule has 5 nitrogen and oxygen atoms in total. The van der Waals surface area contributed by atoms with Crippen molar-refractivity contribution in [3.8, 4) is 5.75 Å². The number of rotatable bonds is 6. The number of nitrogens with one attached hydrogen (secondary N) is 1. The number of fused-ring (bicyclic) bond motifs is 3. The first-order valence-electron chi connectivity index (χ1n) is 11.2. The van der Waals surface area contributed by atoms with Crippen LogP contribution in [0.2, 0.25) is 0 Å². The van der Waals surface area contributed by atoms with Crippen molar-refractivity contribution in [3.63, 3.8) is 0 Å². The van der Waals surface area contributed by atoms with E-state index in [4.69, 9.17) is 4.74 Å². The Morgan fingerprint density at radius 3 is 2.61 bits per heavy atom. The van der Waals surface area contributed by atoms with Crippen molar-refractivity contribution in [1.82, 2.24) is 5.32 Å². The Hall–Kier alpha value is -2.89. The Morgan fingerprint density at radius 2 is 1.84 bits per heavy atom. The highest BCUT2D eigenvalue weighted by molar-refractivity contribution is 6.07. The normalized spacial score (nSPS) is 24.9. The Morgan fingerprint density at radius 1 is 1.10 bits per heavy atom. The molecule has 2 aromatic rings. The van der Waals surface area contributed by atoms with Crippen LogP contribution >= 0.6 is 0 Å². The first kappa shape index (κ1) is 20.0. The molecular weight excluding hydrogens is 395 g/mol. The van der Waals surface area contributed by atoms with Crippen molar-refractivity contribution >= 4 is 17.5 Å². The van der Waals surface area contributed by atoms with E-state index in [1.54, 1.807) is 17.0 Å². The molecule has 5 rings (SSSR count). The number of nitrogens with zero attached hydrogens (tertiary/aromatic N) is 1. The van der Waals surface area contributed by atoms with Gasteiger partial charge < -0.3 is 15.0 Å². The van der Waals surface area contributed by atoms with E-state index in [2.05, 4.69) is 5.32 Å². The number of hydrogen-bond donors (Lipinski definition) is 1. The van der Waals surface area contributed by atoms with Crippen LogP contribution in [0.25, 0.3) is 0 Å². The molecule has 1 heterocycles. The van der Waals surface area contributed by atoms with E-state index in [0.29, 0.717) is 12.2 Å². The van der Waals surface area contributed by atoms with E-state index < -0.39 is 5.41 Å². The quantitative estimate of drug-likeness (QED) is 0.760. The maximum Gasteiger partial charge on any atom is 0.240 e. The van der Waals surface area contributed by atoms with E-state index in [1.807, 2.05) is 24.3 Å². The van der Waals surface area contributed by atoms with E-state index in [-0.39, 0.29) is 42.7 Å². The standard InChI is InChI=1S/C25H27FN2O3/c26-17-10-12-19(13-11-17)31-16-25-14-21(25)20-8-4-5-9-22(20)28(24(25)30)15-23(29)27-18-6-2-1-3-7-18/h4-5,8-13,18,21H,1-3,6-7,14-16H2,(H,27,29)/t21-,25+/m0/s1. The van der Waals surface area contributed by atoms with Gasteiger partial charge in [-0.15, -0.1) is 0 Å². The molecule has 31 heavy (non-hydrogen) atoms. The molecule has 0 bridgehead atoms. The van der Waals surface area contributed by atoms with Crippen LogP contribution in [-0.2, 0) is 9.59 Å². The van der Waals surface area contributed by atoms with Gasteiger partial charge in [-0.1, -0.05) is 37.5 Å². The van der Waals surface area contributed by atoms with Crippen LogP contribution in [-0.4, -0.2) is 31.0 Å². The number of amides is 2. The van der Waals surface area contributed by atoms with Gasteiger partial charge in [-0.3, -0.25) is 9.59 Å². The average Bonchev–Trinajstić information content (AvgIpc) is 3.53. The Kier molecular flexibility index (Phi) is 5.16. The molecule has 0 saturated heterocycles. The topological polar surface area (TPSA) is 58.6 Å². The number of halogens is 1. The van der Waals surface area contributed by atoms with Crippen LogP contribution in [0.1, 0.15) is 50.0 Å². The van der Waals surface area contributed by atoms with Crippen LogP contribution in [0.4, 0.5) is 10.1 Å². The molecular formula is C25H27FN2O3. The monoisotopic (exact) mass is 422 g/mol. The first-order chi connectivity index (χ1) is 15.1. The lowest BCUT2D eigenvalue weighted by Gasteiger charge is -2.34. The Labute approximate surface area is 181 Å². The van der Waals surface area contributed by atoms with Crippen LogP contribution in [0.5, 0.6) is 5.75 Å². The van der Waals surface area contributed by atoms with Gasteiger partial charge in [-0.05, 0) is 55.2 Å². The lowest BCUT2D eigenvalue weighted by molar-refractivity contribution is -0.128. The summed E-state index contributed by atoms with van der Waals surface area (Å²) in [6, 6.07) is 13.9. The van der Waals surface area contributed by atoms with Gasteiger partial charge in [0.05, 0.1) is 5.41 Å². The van der Waals surface area contributed by atoms with Gasteiger partial charge in [0.15, 0.2) is 0 Å². The fraction of sp³-hybridized carbons (Fsp3) is 0.440. The zero-order valence-corrected chi connectivity index (χ0v) is 17.5. The molecule has 2 aromatic carbocycles. The molecule has 2 atom stereocenters. The summed E-state index contributed by atoms with van der Waals surface area (Å²) in [4.78, 5) is 28.0. The maximum atomic E-state index is 13.6. The molecule has 162 valence electrons. The van der Waals surface area contributed by atoms with E-state index in [9.17, 15) is 14.0 Å². The van der Waals surface area contributed by atoms with Crippen LogP contribution in [0.15, 0.2) is 48.5 Å². The number of hydrogen-bond acceptors (Lipinski definition) is 3. The highest BCUT2D eigenvalue weighted by Crippen LogP contribution is 2.65. The zero-order chi connectivity index (χ0) is 21.4. The van der Waals surface area contributed by atoms with Gasteiger partial charge in [0.25, 0.3) is 0 Å². The van der Waals surface area contributed by atoms with Gasteiger partial charge >= 0.3 is 0 Å².